The van der Waals surface area contributed by atoms with Gasteiger partial charge in [0.1, 0.15) is 0 Å². The Balaban J connectivity index is 2.13. The van der Waals surface area contributed by atoms with Gasteiger partial charge in [0, 0.05) is 41.7 Å². The number of pyridine rings is 1. The van der Waals surface area contributed by atoms with Gasteiger partial charge in [0.05, 0.1) is 35.8 Å². The number of methoxy groups -OCH3 is 2. The largest absolute Gasteiger partial charge is 0.493 e. The molecule has 9 heteroatoms. The van der Waals surface area contributed by atoms with Crippen molar-refractivity contribution < 1.29 is 19.2 Å². The second kappa shape index (κ2) is 7.51. The number of benzene rings is 2. The molecule has 4 rings (SSSR count). The van der Waals surface area contributed by atoms with Crippen LogP contribution in [-0.2, 0) is 6.54 Å². The summed E-state index contributed by atoms with van der Waals surface area (Å²) in [7, 11) is 6.71. The Morgan fingerprint density at radius 2 is 1.65 bits per heavy atom. The Bertz CT molecular complexity index is 1310. The van der Waals surface area contributed by atoms with Gasteiger partial charge in [-0.15, -0.1) is 0 Å². The average Bonchev–Trinajstić information content (AvgIpc) is 3.04. The van der Waals surface area contributed by atoms with Crippen molar-refractivity contribution in [3.63, 3.8) is 0 Å². The summed E-state index contributed by atoms with van der Waals surface area (Å²) < 4.78 is 12.2. The van der Waals surface area contributed by atoms with E-state index in [9.17, 15) is 19.7 Å². The minimum absolute atomic E-state index is 0.140. The molecular formula is C22H21N3O6. The molecule has 0 radical (unpaired) electrons. The topological polar surface area (TPSA) is 104 Å². The molecule has 0 spiro atoms. The Morgan fingerprint density at radius 3 is 2.23 bits per heavy atom. The number of likely N-dealkylation sites (N-methyl/N-ethyl adjacent to an activating group) is 1. The minimum Gasteiger partial charge on any atom is -0.493 e. The molecule has 1 aliphatic rings. The molecule has 0 fully saturated rings. The van der Waals surface area contributed by atoms with Crippen LogP contribution < -0.4 is 15.0 Å². The molecular weight excluding hydrogens is 402 g/mol. The van der Waals surface area contributed by atoms with E-state index in [1.54, 1.807) is 12.1 Å². The lowest BCUT2D eigenvalue weighted by atomic mass is 10.0. The summed E-state index contributed by atoms with van der Waals surface area (Å²) in [6, 6.07) is 7.29. The number of hydrogen-bond acceptors (Lipinski definition) is 7. The van der Waals surface area contributed by atoms with E-state index >= 15 is 0 Å². The summed E-state index contributed by atoms with van der Waals surface area (Å²) in [6.07, 6.45) is 0. The number of fused-ring (bicyclic) bond motifs is 5. The summed E-state index contributed by atoms with van der Waals surface area (Å²) in [4.78, 5) is 39.6. The normalized spacial score (nSPS) is 12.2. The molecule has 0 atom stereocenters. The summed E-state index contributed by atoms with van der Waals surface area (Å²) in [5, 5.41) is 12.1. The van der Waals surface area contributed by atoms with Crippen molar-refractivity contribution in [2.45, 2.75) is 6.54 Å². The second-order valence-electron chi connectivity index (χ2n) is 7.55. The van der Waals surface area contributed by atoms with Crippen LogP contribution in [0.15, 0.2) is 35.1 Å². The van der Waals surface area contributed by atoms with Crippen LogP contribution in [0.1, 0.15) is 15.9 Å². The molecule has 31 heavy (non-hydrogen) atoms. The summed E-state index contributed by atoms with van der Waals surface area (Å²) >= 11 is 0. The first-order valence-corrected chi connectivity index (χ1v) is 9.59. The third-order valence-corrected chi connectivity index (χ3v) is 5.49. The van der Waals surface area contributed by atoms with E-state index < -0.39 is 4.92 Å². The number of aromatic nitrogens is 1. The van der Waals surface area contributed by atoms with Gasteiger partial charge in [0.25, 0.3) is 11.2 Å². The van der Waals surface area contributed by atoms with E-state index in [2.05, 4.69) is 0 Å². The van der Waals surface area contributed by atoms with Crippen LogP contribution in [0, 0.1) is 10.1 Å². The predicted octanol–water partition coefficient (Wildman–Crippen LogP) is 2.70. The van der Waals surface area contributed by atoms with E-state index in [0.29, 0.717) is 57.7 Å². The van der Waals surface area contributed by atoms with Gasteiger partial charge in [0.15, 0.2) is 17.3 Å². The number of nitro benzene ring substituents is 1. The van der Waals surface area contributed by atoms with Crippen LogP contribution >= 0.6 is 0 Å². The summed E-state index contributed by atoms with van der Waals surface area (Å²) in [5.41, 5.74) is 1.02. The molecule has 2 aromatic carbocycles. The van der Waals surface area contributed by atoms with Crippen LogP contribution in [0.2, 0.25) is 0 Å². The molecule has 1 aromatic heterocycles. The van der Waals surface area contributed by atoms with Gasteiger partial charge in [-0.1, -0.05) is 0 Å². The number of non-ortho nitro benzene ring substituents is 1. The molecule has 1 aliphatic carbocycles. The van der Waals surface area contributed by atoms with Crippen molar-refractivity contribution in [1.29, 1.82) is 0 Å². The maximum absolute atomic E-state index is 13.5. The molecule has 0 saturated heterocycles. The second-order valence-corrected chi connectivity index (χ2v) is 7.55. The van der Waals surface area contributed by atoms with Crippen LogP contribution in [0.5, 0.6) is 11.5 Å². The average molecular weight is 423 g/mol. The SMILES string of the molecule is COc1cc2c3c(n(CCN(C)C)c(=O)c2cc1OC)-c1cc([N+](=O)[O-])ccc1C3=O. The van der Waals surface area contributed by atoms with Crippen molar-refractivity contribution >= 4 is 22.2 Å². The number of ether oxygens (including phenoxy) is 2. The molecule has 0 bridgehead atoms. The molecule has 0 aliphatic heterocycles. The monoisotopic (exact) mass is 423 g/mol. The van der Waals surface area contributed by atoms with E-state index in [1.807, 2.05) is 19.0 Å². The highest BCUT2D eigenvalue weighted by molar-refractivity contribution is 6.27. The number of carbonyl (C=O) groups excluding carboxylic acids is 1. The van der Waals surface area contributed by atoms with E-state index in [-0.39, 0.29) is 17.0 Å². The van der Waals surface area contributed by atoms with Crippen molar-refractivity contribution in [2.24, 2.45) is 0 Å². The van der Waals surface area contributed by atoms with E-state index in [1.165, 1.54) is 37.0 Å². The number of hydrogen-bond donors (Lipinski definition) is 0. The molecule has 1 heterocycles. The zero-order valence-electron chi connectivity index (χ0n) is 17.6. The Morgan fingerprint density at radius 1 is 1.00 bits per heavy atom. The van der Waals surface area contributed by atoms with Gasteiger partial charge in [0.2, 0.25) is 0 Å². The van der Waals surface area contributed by atoms with Crippen molar-refractivity contribution in [2.75, 3.05) is 34.9 Å². The maximum Gasteiger partial charge on any atom is 0.270 e. The minimum atomic E-state index is -0.514. The standard InChI is InChI=1S/C22H21N3O6/c1-23(2)7-8-24-20-15-9-12(25(28)29)5-6-13(15)21(26)19(20)14-10-17(30-3)18(31-4)11-16(14)22(24)27/h5-6,9-11H,7-8H2,1-4H3. The first-order chi connectivity index (χ1) is 14.8. The van der Waals surface area contributed by atoms with Crippen LogP contribution in [0.3, 0.4) is 0 Å². The van der Waals surface area contributed by atoms with Crippen LogP contribution in [0.25, 0.3) is 22.0 Å². The summed E-state index contributed by atoms with van der Waals surface area (Å²) in [6.45, 7) is 0.859. The molecule has 160 valence electrons. The lowest BCUT2D eigenvalue weighted by Crippen LogP contribution is -2.28. The number of ketones is 1. The molecule has 0 saturated carbocycles. The Hall–Kier alpha value is -3.72. The van der Waals surface area contributed by atoms with Crippen LogP contribution in [-0.4, -0.2) is 55.0 Å². The predicted molar refractivity (Wildman–Crippen MR) is 115 cm³/mol. The van der Waals surface area contributed by atoms with E-state index in [0.717, 1.165) is 0 Å². The van der Waals surface area contributed by atoms with Crippen LogP contribution in [0.4, 0.5) is 5.69 Å². The smallest absolute Gasteiger partial charge is 0.270 e. The molecule has 0 amide bonds. The van der Waals surface area contributed by atoms with Gasteiger partial charge in [-0.05, 0) is 32.3 Å². The fourth-order valence-corrected chi connectivity index (χ4v) is 3.97. The number of carbonyl (C=O) groups is 1. The number of rotatable bonds is 6. The highest BCUT2D eigenvalue weighted by Gasteiger charge is 2.34. The van der Waals surface area contributed by atoms with Crippen molar-refractivity contribution in [1.82, 2.24) is 9.47 Å². The Kier molecular flexibility index (Phi) is 4.98. The van der Waals surface area contributed by atoms with E-state index in [4.69, 9.17) is 9.47 Å². The zero-order chi connectivity index (χ0) is 22.4. The van der Waals surface area contributed by atoms with Gasteiger partial charge in [-0.25, -0.2) is 0 Å². The highest BCUT2D eigenvalue weighted by Crippen LogP contribution is 2.43. The fourth-order valence-electron chi connectivity index (χ4n) is 3.97. The molecule has 3 aromatic rings. The molecule has 0 N–H and O–H groups in total. The maximum atomic E-state index is 13.5. The first-order valence-electron chi connectivity index (χ1n) is 9.59. The Labute approximate surface area is 177 Å². The highest BCUT2D eigenvalue weighted by atomic mass is 16.6. The lowest BCUT2D eigenvalue weighted by Gasteiger charge is -2.18. The van der Waals surface area contributed by atoms with Gasteiger partial charge in [-0.2, -0.15) is 0 Å². The van der Waals surface area contributed by atoms with Gasteiger partial charge < -0.3 is 18.9 Å². The number of nitro groups is 1. The van der Waals surface area contributed by atoms with Crippen molar-refractivity contribution in [3.8, 4) is 22.8 Å². The van der Waals surface area contributed by atoms with Gasteiger partial charge in [-0.3, -0.25) is 19.7 Å². The van der Waals surface area contributed by atoms with Gasteiger partial charge >= 0.3 is 0 Å². The summed E-state index contributed by atoms with van der Waals surface area (Å²) in [5.74, 6) is 0.484. The first kappa shape index (κ1) is 20.5. The third-order valence-electron chi connectivity index (χ3n) is 5.49. The molecule has 0 unspecified atom stereocenters. The third kappa shape index (κ3) is 3.14. The zero-order valence-corrected chi connectivity index (χ0v) is 17.6. The quantitative estimate of drug-likeness (QED) is 0.347. The number of nitrogens with zero attached hydrogens (tertiary/aromatic N) is 3. The fraction of sp³-hybridized carbons (Fsp3) is 0.273. The molecule has 9 nitrogen and oxygen atoms in total. The lowest BCUT2D eigenvalue weighted by molar-refractivity contribution is -0.384. The van der Waals surface area contributed by atoms with Crippen molar-refractivity contribution in [3.05, 3.63) is 61.9 Å².